The Hall–Kier alpha value is -1.69. The topological polar surface area (TPSA) is 84.2 Å². The van der Waals surface area contributed by atoms with Crippen molar-refractivity contribution in [3.05, 3.63) is 28.2 Å². The largest absolute Gasteiger partial charge is 0.396 e. The van der Waals surface area contributed by atoms with E-state index in [1.165, 1.54) is 19.2 Å². The van der Waals surface area contributed by atoms with Crippen LogP contribution in [0.15, 0.2) is 16.9 Å². The van der Waals surface area contributed by atoms with Crippen LogP contribution in [0.5, 0.6) is 0 Å². The van der Waals surface area contributed by atoms with E-state index in [0.717, 1.165) is 17.5 Å². The Labute approximate surface area is 118 Å². The fourth-order valence-corrected chi connectivity index (χ4v) is 2.16. The molecular formula is C14H23N3O3. The number of aromatic nitrogens is 2. The van der Waals surface area contributed by atoms with Gasteiger partial charge in [-0.05, 0) is 30.7 Å². The number of carbonyl (C=O) groups is 1. The summed E-state index contributed by atoms with van der Waals surface area (Å²) >= 11 is 0. The number of nitrogens with one attached hydrogen (secondary N) is 1. The smallest absolute Gasteiger partial charge is 0.271 e. The third kappa shape index (κ3) is 3.90. The lowest BCUT2D eigenvalue weighted by Crippen LogP contribution is -2.38. The highest BCUT2D eigenvalue weighted by atomic mass is 16.3. The molecule has 0 aliphatic heterocycles. The van der Waals surface area contributed by atoms with Crippen LogP contribution in [0, 0.1) is 5.41 Å². The van der Waals surface area contributed by atoms with Gasteiger partial charge in [0.1, 0.15) is 5.69 Å². The molecule has 0 aliphatic rings. The summed E-state index contributed by atoms with van der Waals surface area (Å²) in [6.45, 7) is 4.70. The average molecular weight is 281 g/mol. The van der Waals surface area contributed by atoms with Crippen molar-refractivity contribution < 1.29 is 9.90 Å². The molecule has 0 radical (unpaired) electrons. The number of hydrogen-bond donors (Lipinski definition) is 2. The molecule has 0 unspecified atom stereocenters. The maximum Gasteiger partial charge on any atom is 0.271 e. The fraction of sp³-hybridized carbons (Fsp3) is 0.643. The Balaban J connectivity index is 2.74. The minimum Gasteiger partial charge on any atom is -0.396 e. The van der Waals surface area contributed by atoms with Crippen molar-refractivity contribution in [2.45, 2.75) is 33.1 Å². The van der Waals surface area contributed by atoms with Gasteiger partial charge in [-0.15, -0.1) is 0 Å². The van der Waals surface area contributed by atoms with Crippen LogP contribution in [0.25, 0.3) is 0 Å². The van der Waals surface area contributed by atoms with Gasteiger partial charge in [0, 0.05) is 26.3 Å². The molecule has 1 aromatic rings. The summed E-state index contributed by atoms with van der Waals surface area (Å²) in [5.74, 6) is -0.301. The van der Waals surface area contributed by atoms with E-state index in [0.29, 0.717) is 13.0 Å². The molecule has 2 N–H and O–H groups in total. The third-order valence-corrected chi connectivity index (χ3v) is 3.96. The first-order valence-electron chi connectivity index (χ1n) is 6.91. The Kier molecular flexibility index (Phi) is 5.88. The van der Waals surface area contributed by atoms with Gasteiger partial charge in [-0.3, -0.25) is 9.59 Å². The number of carbonyl (C=O) groups excluding carboxylic acids is 1. The molecule has 0 aliphatic carbocycles. The van der Waals surface area contributed by atoms with E-state index in [1.807, 2.05) is 0 Å². The lowest BCUT2D eigenvalue weighted by Gasteiger charge is -2.31. The lowest BCUT2D eigenvalue weighted by atomic mass is 9.79. The molecule has 6 nitrogen and oxygen atoms in total. The zero-order valence-corrected chi connectivity index (χ0v) is 12.3. The normalized spacial score (nSPS) is 11.4. The van der Waals surface area contributed by atoms with Crippen LogP contribution in [0.1, 0.15) is 43.6 Å². The second kappa shape index (κ2) is 7.19. The number of aliphatic hydroxyl groups is 1. The van der Waals surface area contributed by atoms with Gasteiger partial charge in [-0.25, -0.2) is 4.68 Å². The molecule has 0 saturated heterocycles. The van der Waals surface area contributed by atoms with E-state index < -0.39 is 0 Å². The van der Waals surface area contributed by atoms with E-state index in [2.05, 4.69) is 24.3 Å². The first-order chi connectivity index (χ1) is 9.48. The number of hydrogen-bond acceptors (Lipinski definition) is 4. The van der Waals surface area contributed by atoms with E-state index in [-0.39, 0.29) is 29.2 Å². The predicted molar refractivity (Wildman–Crippen MR) is 76.5 cm³/mol. The van der Waals surface area contributed by atoms with Crippen molar-refractivity contribution >= 4 is 5.91 Å². The average Bonchev–Trinajstić information content (AvgIpc) is 2.46. The van der Waals surface area contributed by atoms with Gasteiger partial charge in [0.15, 0.2) is 0 Å². The van der Waals surface area contributed by atoms with Crippen LogP contribution in [0.2, 0.25) is 0 Å². The van der Waals surface area contributed by atoms with Crippen LogP contribution in [-0.2, 0) is 7.05 Å². The first kappa shape index (κ1) is 16.4. The second-order valence-electron chi connectivity index (χ2n) is 5.04. The highest BCUT2D eigenvalue weighted by Crippen LogP contribution is 2.29. The number of aryl methyl sites for hydroxylation is 1. The molecule has 0 atom stereocenters. The van der Waals surface area contributed by atoms with Crippen LogP contribution in [-0.4, -0.2) is 33.9 Å². The molecule has 0 saturated carbocycles. The quantitative estimate of drug-likeness (QED) is 0.770. The molecule has 0 spiro atoms. The number of aliphatic hydroxyl groups excluding tert-OH is 1. The summed E-state index contributed by atoms with van der Waals surface area (Å²) in [5, 5.41) is 15.9. The molecule has 112 valence electrons. The van der Waals surface area contributed by atoms with Crippen molar-refractivity contribution in [3.63, 3.8) is 0 Å². The van der Waals surface area contributed by atoms with Crippen molar-refractivity contribution in [1.82, 2.24) is 15.1 Å². The van der Waals surface area contributed by atoms with Gasteiger partial charge < -0.3 is 10.4 Å². The number of rotatable bonds is 7. The highest BCUT2D eigenvalue weighted by Gasteiger charge is 2.26. The van der Waals surface area contributed by atoms with Gasteiger partial charge >= 0.3 is 0 Å². The first-order valence-corrected chi connectivity index (χ1v) is 6.91. The molecule has 0 fully saturated rings. The van der Waals surface area contributed by atoms with Crippen LogP contribution in [0.3, 0.4) is 0 Å². The van der Waals surface area contributed by atoms with E-state index >= 15 is 0 Å². The van der Waals surface area contributed by atoms with Crippen LogP contribution in [0.4, 0.5) is 0 Å². The Morgan fingerprint density at radius 1 is 1.40 bits per heavy atom. The third-order valence-electron chi connectivity index (χ3n) is 3.96. The molecule has 0 bridgehead atoms. The zero-order chi connectivity index (χ0) is 15.2. The van der Waals surface area contributed by atoms with Gasteiger partial charge in [-0.1, -0.05) is 13.8 Å². The molecule has 1 heterocycles. The predicted octanol–water partition coefficient (Wildman–Crippen LogP) is 0.699. The molecule has 1 rings (SSSR count). The maximum absolute atomic E-state index is 12.0. The molecule has 1 amide bonds. The van der Waals surface area contributed by atoms with E-state index in [1.54, 1.807) is 0 Å². The standard InChI is InChI=1S/C14H23N3O3/c1-4-14(5-2,8-9-18)10-15-13(20)11-6-7-12(19)17(3)16-11/h6-7,18H,4-5,8-10H2,1-3H3,(H,15,20). The Bertz CT molecular complexity index is 507. The van der Waals surface area contributed by atoms with Gasteiger partial charge in [0.2, 0.25) is 0 Å². The molecular weight excluding hydrogens is 258 g/mol. The number of nitrogens with zero attached hydrogens (tertiary/aromatic N) is 2. The second-order valence-corrected chi connectivity index (χ2v) is 5.04. The summed E-state index contributed by atoms with van der Waals surface area (Å²) in [6.07, 6.45) is 2.41. The summed E-state index contributed by atoms with van der Waals surface area (Å²) < 4.78 is 1.13. The summed E-state index contributed by atoms with van der Waals surface area (Å²) in [4.78, 5) is 23.3. The van der Waals surface area contributed by atoms with Crippen LogP contribution >= 0.6 is 0 Å². The summed E-state index contributed by atoms with van der Waals surface area (Å²) in [5.41, 5.74) is -0.124. The maximum atomic E-state index is 12.0. The molecule has 0 aromatic carbocycles. The van der Waals surface area contributed by atoms with Gasteiger partial charge in [-0.2, -0.15) is 5.10 Å². The van der Waals surface area contributed by atoms with E-state index in [4.69, 9.17) is 5.11 Å². The van der Waals surface area contributed by atoms with Gasteiger partial charge in [0.05, 0.1) is 0 Å². The van der Waals surface area contributed by atoms with Crippen molar-refractivity contribution in [3.8, 4) is 0 Å². The van der Waals surface area contributed by atoms with Crippen molar-refractivity contribution in [2.24, 2.45) is 12.5 Å². The van der Waals surface area contributed by atoms with E-state index in [9.17, 15) is 9.59 Å². The van der Waals surface area contributed by atoms with Crippen molar-refractivity contribution in [1.29, 1.82) is 0 Å². The monoisotopic (exact) mass is 281 g/mol. The minimum absolute atomic E-state index is 0.0922. The molecule has 1 aromatic heterocycles. The van der Waals surface area contributed by atoms with Gasteiger partial charge in [0.25, 0.3) is 11.5 Å². The lowest BCUT2D eigenvalue weighted by molar-refractivity contribution is 0.0900. The molecule has 6 heteroatoms. The molecule has 20 heavy (non-hydrogen) atoms. The zero-order valence-electron chi connectivity index (χ0n) is 12.3. The number of amides is 1. The Morgan fingerprint density at radius 2 is 2.05 bits per heavy atom. The highest BCUT2D eigenvalue weighted by molar-refractivity contribution is 5.92. The van der Waals surface area contributed by atoms with Crippen LogP contribution < -0.4 is 10.9 Å². The van der Waals surface area contributed by atoms with Crippen molar-refractivity contribution in [2.75, 3.05) is 13.2 Å². The Morgan fingerprint density at radius 3 is 2.55 bits per heavy atom. The summed E-state index contributed by atoms with van der Waals surface area (Å²) in [7, 11) is 1.51. The minimum atomic E-state index is -0.301. The SMILES string of the molecule is CCC(CC)(CCO)CNC(=O)c1ccc(=O)n(C)n1. The fourth-order valence-electron chi connectivity index (χ4n) is 2.16. The summed E-state index contributed by atoms with van der Waals surface area (Å²) in [6, 6.07) is 2.74.